The number of carbonyl (C=O) groups is 1. The van der Waals surface area contributed by atoms with Crippen LogP contribution < -0.4 is 4.74 Å². The van der Waals surface area contributed by atoms with E-state index in [-0.39, 0.29) is 17.6 Å². The average molecular weight is 392 g/mol. The highest BCUT2D eigenvalue weighted by Crippen LogP contribution is 2.35. The van der Waals surface area contributed by atoms with Crippen LogP contribution in [0.1, 0.15) is 34.8 Å². The summed E-state index contributed by atoms with van der Waals surface area (Å²) in [6.07, 6.45) is 6.41. The number of amides is 1. The van der Waals surface area contributed by atoms with Gasteiger partial charge in [0.15, 0.2) is 0 Å². The molecule has 1 fully saturated rings. The van der Waals surface area contributed by atoms with Crippen LogP contribution in [0.5, 0.6) is 5.75 Å². The molecule has 2 aromatic carbocycles. The molecule has 1 aliphatic rings. The standard InChI is InChI=1S/C21H20N4O4/c1-29-17-7-4-15(5-8-17)18-3-2-11-24(18)21(26)16-6-9-19(20(13-16)25(27)28)23-12-10-22-14-23/h4-10,12-14,18H,2-3,11H2,1H3. The van der Waals surface area contributed by atoms with Gasteiger partial charge in [0.25, 0.3) is 11.6 Å². The number of nitro benzene ring substituents is 1. The fourth-order valence-corrected chi connectivity index (χ4v) is 3.77. The summed E-state index contributed by atoms with van der Waals surface area (Å²) in [7, 11) is 1.61. The van der Waals surface area contributed by atoms with Gasteiger partial charge in [0.1, 0.15) is 11.4 Å². The Morgan fingerprint density at radius 2 is 2.03 bits per heavy atom. The molecule has 0 spiro atoms. The molecular weight excluding hydrogens is 372 g/mol. The second kappa shape index (κ2) is 7.75. The quantitative estimate of drug-likeness (QED) is 0.487. The van der Waals surface area contributed by atoms with E-state index in [0.717, 1.165) is 24.2 Å². The third-order valence-corrected chi connectivity index (χ3v) is 5.22. The lowest BCUT2D eigenvalue weighted by molar-refractivity contribution is -0.384. The van der Waals surface area contributed by atoms with Gasteiger partial charge in [0.05, 0.1) is 24.4 Å². The molecule has 3 aromatic rings. The average Bonchev–Trinajstić information content (AvgIpc) is 3.45. The van der Waals surface area contributed by atoms with Crippen molar-refractivity contribution >= 4 is 11.6 Å². The molecule has 29 heavy (non-hydrogen) atoms. The van der Waals surface area contributed by atoms with Gasteiger partial charge < -0.3 is 14.2 Å². The van der Waals surface area contributed by atoms with Gasteiger partial charge in [0.2, 0.25) is 0 Å². The molecule has 1 atom stereocenters. The minimum atomic E-state index is -0.475. The number of likely N-dealkylation sites (tertiary alicyclic amines) is 1. The van der Waals surface area contributed by atoms with Crippen LogP contribution in [-0.2, 0) is 0 Å². The molecule has 1 saturated heterocycles. The SMILES string of the molecule is COc1ccc(C2CCCN2C(=O)c2ccc(-n3ccnc3)c([N+](=O)[O-])c2)cc1. The van der Waals surface area contributed by atoms with Crippen LogP contribution in [0.2, 0.25) is 0 Å². The van der Waals surface area contributed by atoms with E-state index < -0.39 is 4.92 Å². The number of imidazole rings is 1. The summed E-state index contributed by atoms with van der Waals surface area (Å²) in [5, 5.41) is 11.6. The van der Waals surface area contributed by atoms with E-state index in [1.807, 2.05) is 24.3 Å². The lowest BCUT2D eigenvalue weighted by Crippen LogP contribution is -2.30. The molecule has 0 N–H and O–H groups in total. The number of hydrogen-bond donors (Lipinski definition) is 0. The van der Waals surface area contributed by atoms with Crippen molar-refractivity contribution in [2.75, 3.05) is 13.7 Å². The van der Waals surface area contributed by atoms with Crippen LogP contribution in [-0.4, -0.2) is 38.9 Å². The molecule has 0 radical (unpaired) electrons. The van der Waals surface area contributed by atoms with Crippen LogP contribution >= 0.6 is 0 Å². The summed E-state index contributed by atoms with van der Waals surface area (Å²) in [6.45, 7) is 0.618. The van der Waals surface area contributed by atoms with E-state index in [1.54, 1.807) is 41.1 Å². The van der Waals surface area contributed by atoms with Crippen molar-refractivity contribution in [3.05, 3.63) is 82.4 Å². The van der Waals surface area contributed by atoms with E-state index in [1.165, 1.54) is 12.4 Å². The maximum absolute atomic E-state index is 13.2. The van der Waals surface area contributed by atoms with Crippen molar-refractivity contribution in [3.8, 4) is 11.4 Å². The minimum Gasteiger partial charge on any atom is -0.497 e. The molecule has 8 nitrogen and oxygen atoms in total. The first-order valence-corrected chi connectivity index (χ1v) is 9.30. The normalized spacial score (nSPS) is 16.0. The third kappa shape index (κ3) is 3.56. The minimum absolute atomic E-state index is 0.0548. The molecule has 1 unspecified atom stereocenters. The Balaban J connectivity index is 1.64. The van der Waals surface area contributed by atoms with E-state index in [9.17, 15) is 14.9 Å². The zero-order valence-electron chi connectivity index (χ0n) is 15.9. The number of ether oxygens (including phenoxy) is 1. The Bertz CT molecular complexity index is 1030. The number of aromatic nitrogens is 2. The number of methoxy groups -OCH3 is 1. The number of nitro groups is 1. The Morgan fingerprint density at radius 1 is 1.24 bits per heavy atom. The van der Waals surface area contributed by atoms with Crippen LogP contribution in [0.4, 0.5) is 5.69 Å². The van der Waals surface area contributed by atoms with Crippen molar-refractivity contribution in [1.29, 1.82) is 0 Å². The zero-order chi connectivity index (χ0) is 20.4. The largest absolute Gasteiger partial charge is 0.497 e. The van der Waals surface area contributed by atoms with Gasteiger partial charge >= 0.3 is 0 Å². The van der Waals surface area contributed by atoms with Crippen LogP contribution in [0.25, 0.3) is 5.69 Å². The second-order valence-corrected chi connectivity index (χ2v) is 6.86. The molecular formula is C21H20N4O4. The Hall–Kier alpha value is -3.68. The molecule has 1 amide bonds. The summed E-state index contributed by atoms with van der Waals surface area (Å²) in [5.74, 6) is 0.555. The molecule has 0 saturated carbocycles. The van der Waals surface area contributed by atoms with Gasteiger partial charge in [0, 0.05) is 30.6 Å². The number of hydrogen-bond acceptors (Lipinski definition) is 5. The van der Waals surface area contributed by atoms with E-state index in [4.69, 9.17) is 4.74 Å². The summed E-state index contributed by atoms with van der Waals surface area (Å²) in [5.41, 5.74) is 1.58. The Morgan fingerprint density at radius 3 is 2.69 bits per heavy atom. The monoisotopic (exact) mass is 392 g/mol. The molecule has 0 aliphatic carbocycles. The molecule has 1 aliphatic heterocycles. The molecule has 8 heteroatoms. The van der Waals surface area contributed by atoms with E-state index in [2.05, 4.69) is 4.98 Å². The molecule has 1 aromatic heterocycles. The molecule has 0 bridgehead atoms. The lowest BCUT2D eigenvalue weighted by atomic mass is 10.0. The molecule has 2 heterocycles. The zero-order valence-corrected chi connectivity index (χ0v) is 15.9. The predicted molar refractivity (Wildman–Crippen MR) is 106 cm³/mol. The number of carbonyl (C=O) groups excluding carboxylic acids is 1. The molecule has 4 rings (SSSR count). The van der Waals surface area contributed by atoms with Crippen LogP contribution in [0, 0.1) is 10.1 Å². The summed E-state index contributed by atoms with van der Waals surface area (Å²) < 4.78 is 6.76. The fraction of sp³-hybridized carbons (Fsp3) is 0.238. The van der Waals surface area contributed by atoms with Gasteiger partial charge in [-0.3, -0.25) is 14.9 Å². The highest BCUT2D eigenvalue weighted by Gasteiger charge is 2.31. The van der Waals surface area contributed by atoms with Crippen molar-refractivity contribution in [1.82, 2.24) is 14.5 Å². The summed E-state index contributed by atoms with van der Waals surface area (Å²) >= 11 is 0. The van der Waals surface area contributed by atoms with E-state index >= 15 is 0 Å². The highest BCUT2D eigenvalue weighted by molar-refractivity contribution is 5.95. The number of benzene rings is 2. The van der Waals surface area contributed by atoms with Crippen molar-refractivity contribution in [2.24, 2.45) is 0 Å². The Labute approximate surface area is 167 Å². The van der Waals surface area contributed by atoms with Gasteiger partial charge in [-0.05, 0) is 42.7 Å². The highest BCUT2D eigenvalue weighted by atomic mass is 16.6. The lowest BCUT2D eigenvalue weighted by Gasteiger charge is -2.25. The Kier molecular flexibility index (Phi) is 4.99. The fourth-order valence-electron chi connectivity index (χ4n) is 3.77. The van der Waals surface area contributed by atoms with Gasteiger partial charge in [-0.2, -0.15) is 0 Å². The first kappa shape index (κ1) is 18.7. The third-order valence-electron chi connectivity index (χ3n) is 5.22. The summed E-state index contributed by atoms with van der Waals surface area (Å²) in [6, 6.07) is 12.2. The van der Waals surface area contributed by atoms with Gasteiger partial charge in [-0.15, -0.1) is 0 Å². The topological polar surface area (TPSA) is 90.5 Å². The number of nitrogens with zero attached hydrogens (tertiary/aromatic N) is 4. The maximum Gasteiger partial charge on any atom is 0.294 e. The van der Waals surface area contributed by atoms with Gasteiger partial charge in [-0.1, -0.05) is 12.1 Å². The van der Waals surface area contributed by atoms with Crippen LogP contribution in [0.3, 0.4) is 0 Å². The smallest absolute Gasteiger partial charge is 0.294 e. The van der Waals surface area contributed by atoms with E-state index in [0.29, 0.717) is 17.8 Å². The maximum atomic E-state index is 13.2. The van der Waals surface area contributed by atoms with Crippen LogP contribution in [0.15, 0.2) is 61.2 Å². The van der Waals surface area contributed by atoms with Crippen molar-refractivity contribution in [3.63, 3.8) is 0 Å². The first-order chi connectivity index (χ1) is 14.1. The van der Waals surface area contributed by atoms with Gasteiger partial charge in [-0.25, -0.2) is 4.98 Å². The second-order valence-electron chi connectivity index (χ2n) is 6.86. The first-order valence-electron chi connectivity index (χ1n) is 9.30. The molecule has 148 valence electrons. The number of rotatable bonds is 5. The van der Waals surface area contributed by atoms with Crippen molar-refractivity contribution in [2.45, 2.75) is 18.9 Å². The summed E-state index contributed by atoms with van der Waals surface area (Å²) in [4.78, 5) is 30.0. The predicted octanol–water partition coefficient (Wildman–Crippen LogP) is 3.77. The van der Waals surface area contributed by atoms with Crippen molar-refractivity contribution < 1.29 is 14.5 Å².